The largest absolute Gasteiger partial charge is 0.307 e. The summed E-state index contributed by atoms with van der Waals surface area (Å²) in [5.41, 5.74) is 5.97. The highest BCUT2D eigenvalue weighted by atomic mass is 16.1. The second kappa shape index (κ2) is 3.60. The van der Waals surface area contributed by atoms with Gasteiger partial charge in [-0.15, -0.1) is 0 Å². The summed E-state index contributed by atoms with van der Waals surface area (Å²) in [4.78, 5) is 11.3. The highest BCUT2D eigenvalue weighted by Gasteiger charge is 2.14. The fourth-order valence-electron chi connectivity index (χ4n) is 1.87. The Morgan fingerprint density at radius 1 is 0.786 bits per heavy atom. The van der Waals surface area contributed by atoms with Gasteiger partial charge in [-0.05, 0) is 62.4 Å². The van der Waals surface area contributed by atoms with Crippen molar-refractivity contribution in [3.05, 3.63) is 33.4 Å². The first-order chi connectivity index (χ1) is 6.37. The van der Waals surface area contributed by atoms with E-state index in [9.17, 15) is 4.79 Å². The van der Waals surface area contributed by atoms with Gasteiger partial charge in [-0.1, -0.05) is 0 Å². The molecule has 0 spiro atoms. The lowest BCUT2D eigenvalue weighted by molar-refractivity contribution is 0.107. The highest BCUT2D eigenvalue weighted by molar-refractivity contribution is 6.62. The van der Waals surface area contributed by atoms with Crippen molar-refractivity contribution in [3.8, 4) is 0 Å². The van der Waals surface area contributed by atoms with Gasteiger partial charge in [0.1, 0.15) is 5.68 Å². The van der Waals surface area contributed by atoms with Crippen molar-refractivity contribution in [2.24, 2.45) is 0 Å². The van der Waals surface area contributed by atoms with E-state index in [2.05, 4.69) is 6.92 Å². The topological polar surface area (TPSA) is 17.1 Å². The van der Waals surface area contributed by atoms with E-state index in [1.807, 2.05) is 27.7 Å². The molecule has 1 nitrogen and oxygen atoms in total. The maximum Gasteiger partial charge on any atom is 0.175 e. The van der Waals surface area contributed by atoms with Crippen molar-refractivity contribution >= 4 is 13.5 Å². The summed E-state index contributed by atoms with van der Waals surface area (Å²) in [6.07, 6.45) is 0. The van der Waals surface area contributed by atoms with Crippen LogP contribution < -0.4 is 0 Å². The van der Waals surface area contributed by atoms with Crippen LogP contribution in [0.1, 0.15) is 38.2 Å². The number of hydrogen-bond donors (Lipinski definition) is 0. The molecule has 1 aromatic carbocycles. The first kappa shape index (κ1) is 11.0. The predicted molar refractivity (Wildman–Crippen MR) is 60.2 cm³/mol. The molecule has 0 aliphatic heterocycles. The Kier molecular flexibility index (Phi) is 2.84. The zero-order valence-electron chi connectivity index (χ0n) is 9.49. The monoisotopic (exact) mass is 186 g/mol. The van der Waals surface area contributed by atoms with Gasteiger partial charge < -0.3 is 4.79 Å². The molecule has 0 unspecified atom stereocenters. The van der Waals surface area contributed by atoms with E-state index in [1.54, 1.807) is 0 Å². The Hall–Kier alpha value is -1.05. The van der Waals surface area contributed by atoms with E-state index in [4.69, 9.17) is 7.85 Å². The first-order valence-corrected chi connectivity index (χ1v) is 4.74. The molecular weight excluding hydrogens is 171 g/mol. The second-order valence-corrected chi connectivity index (χ2v) is 3.86. The van der Waals surface area contributed by atoms with Crippen LogP contribution >= 0.6 is 0 Å². The van der Waals surface area contributed by atoms with Crippen molar-refractivity contribution in [1.29, 1.82) is 0 Å². The van der Waals surface area contributed by atoms with E-state index in [0.29, 0.717) is 5.56 Å². The molecule has 72 valence electrons. The van der Waals surface area contributed by atoms with Gasteiger partial charge in [0, 0.05) is 5.56 Å². The summed E-state index contributed by atoms with van der Waals surface area (Å²) in [6.45, 7) is 10.0. The van der Waals surface area contributed by atoms with Gasteiger partial charge in [-0.2, -0.15) is 0 Å². The molecule has 0 heterocycles. The molecule has 1 aromatic rings. The van der Waals surface area contributed by atoms with Crippen LogP contribution in [0.4, 0.5) is 0 Å². The molecule has 0 aromatic heterocycles. The third-order valence-corrected chi connectivity index (χ3v) is 3.25. The second-order valence-electron chi connectivity index (χ2n) is 3.86. The molecule has 0 atom stereocenters. The first-order valence-electron chi connectivity index (χ1n) is 4.74. The molecule has 0 bridgehead atoms. The summed E-state index contributed by atoms with van der Waals surface area (Å²) >= 11 is 0. The normalized spacial score (nSPS) is 10.4. The SMILES string of the molecule is [B]C(=O)c1c(C)c(C)c(C)c(C)c1C. The van der Waals surface area contributed by atoms with Gasteiger partial charge in [0.2, 0.25) is 0 Å². The van der Waals surface area contributed by atoms with Crippen LogP contribution in [0.3, 0.4) is 0 Å². The van der Waals surface area contributed by atoms with Crippen molar-refractivity contribution in [1.82, 2.24) is 0 Å². The van der Waals surface area contributed by atoms with E-state index in [0.717, 1.165) is 11.1 Å². The van der Waals surface area contributed by atoms with Gasteiger partial charge in [0.05, 0.1) is 0 Å². The van der Waals surface area contributed by atoms with Crippen molar-refractivity contribution < 1.29 is 4.79 Å². The molecular formula is C12H15BO. The van der Waals surface area contributed by atoms with E-state index < -0.39 is 0 Å². The minimum absolute atomic E-state index is 0.328. The average molecular weight is 186 g/mol. The fraction of sp³-hybridized carbons (Fsp3) is 0.417. The summed E-state index contributed by atoms with van der Waals surface area (Å²) in [5, 5.41) is 0. The lowest BCUT2D eigenvalue weighted by Gasteiger charge is -2.16. The lowest BCUT2D eigenvalue weighted by atomic mass is 9.82. The van der Waals surface area contributed by atoms with Gasteiger partial charge in [-0.3, -0.25) is 0 Å². The van der Waals surface area contributed by atoms with Crippen molar-refractivity contribution in [2.75, 3.05) is 0 Å². The standard InChI is InChI=1S/C12H15BO/c1-6-7(2)9(4)11(12(13)14)10(5)8(6)3/h1-5H3. The molecule has 0 amide bonds. The van der Waals surface area contributed by atoms with Gasteiger partial charge in [-0.25, -0.2) is 0 Å². The van der Waals surface area contributed by atoms with Crippen LogP contribution in [0.25, 0.3) is 0 Å². The Morgan fingerprint density at radius 2 is 1.07 bits per heavy atom. The van der Waals surface area contributed by atoms with E-state index in [-0.39, 0.29) is 5.68 Å². The zero-order chi connectivity index (χ0) is 11.0. The molecule has 0 N–H and O–H groups in total. The van der Waals surface area contributed by atoms with Crippen LogP contribution in [-0.2, 0) is 0 Å². The summed E-state index contributed by atoms with van der Waals surface area (Å²) in [6, 6.07) is 0. The average Bonchev–Trinajstić information content (AvgIpc) is 2.11. The van der Waals surface area contributed by atoms with Gasteiger partial charge in [0.15, 0.2) is 7.85 Å². The molecule has 0 fully saturated rings. The quantitative estimate of drug-likeness (QED) is 0.616. The van der Waals surface area contributed by atoms with Crippen LogP contribution in [0.5, 0.6) is 0 Å². The van der Waals surface area contributed by atoms with Crippen LogP contribution in [0, 0.1) is 34.6 Å². The molecule has 2 radical (unpaired) electrons. The minimum Gasteiger partial charge on any atom is -0.307 e. The molecule has 0 saturated carbocycles. The predicted octanol–water partition coefficient (Wildman–Crippen LogP) is 2.54. The van der Waals surface area contributed by atoms with Gasteiger partial charge >= 0.3 is 0 Å². The Balaban J connectivity index is 3.68. The summed E-state index contributed by atoms with van der Waals surface area (Å²) in [7, 11) is 5.36. The van der Waals surface area contributed by atoms with Crippen LogP contribution in [0.15, 0.2) is 0 Å². The maximum absolute atomic E-state index is 11.3. The molecule has 1 rings (SSSR count). The number of benzene rings is 1. The van der Waals surface area contributed by atoms with Crippen LogP contribution in [0.2, 0.25) is 0 Å². The number of carbonyl (C=O) groups excluding carboxylic acids is 1. The Morgan fingerprint density at radius 3 is 1.36 bits per heavy atom. The lowest BCUT2D eigenvalue weighted by Crippen LogP contribution is -2.08. The fourth-order valence-corrected chi connectivity index (χ4v) is 1.87. The molecule has 2 heteroatoms. The van der Waals surface area contributed by atoms with E-state index in [1.165, 1.54) is 16.7 Å². The summed E-state index contributed by atoms with van der Waals surface area (Å²) < 4.78 is 0. The third-order valence-electron chi connectivity index (χ3n) is 3.25. The van der Waals surface area contributed by atoms with Gasteiger partial charge in [0.25, 0.3) is 0 Å². The smallest absolute Gasteiger partial charge is 0.175 e. The number of hydrogen-bond acceptors (Lipinski definition) is 1. The molecule has 0 aliphatic rings. The molecule has 0 aliphatic carbocycles. The maximum atomic E-state index is 11.3. The third kappa shape index (κ3) is 1.49. The number of rotatable bonds is 1. The van der Waals surface area contributed by atoms with Crippen LogP contribution in [-0.4, -0.2) is 13.5 Å². The Labute approximate surface area is 86.9 Å². The number of carbonyl (C=O) groups is 1. The zero-order valence-corrected chi connectivity index (χ0v) is 9.49. The summed E-state index contributed by atoms with van der Waals surface area (Å²) in [5.74, 6) is 0. The molecule has 14 heavy (non-hydrogen) atoms. The Bertz CT molecular complexity index is 376. The molecule has 0 saturated heterocycles. The minimum atomic E-state index is -0.328. The van der Waals surface area contributed by atoms with Crippen molar-refractivity contribution in [2.45, 2.75) is 34.6 Å². The highest BCUT2D eigenvalue weighted by Crippen LogP contribution is 2.25. The van der Waals surface area contributed by atoms with E-state index >= 15 is 0 Å². The van der Waals surface area contributed by atoms with Crippen molar-refractivity contribution in [3.63, 3.8) is 0 Å².